The van der Waals surface area contributed by atoms with Crippen LogP contribution in [0.25, 0.3) is 0 Å². The second-order valence-electron chi connectivity index (χ2n) is 2.52. The fourth-order valence-electron chi connectivity index (χ4n) is 1.03. The number of piperazine rings is 1. The molecule has 0 aliphatic carbocycles. The molecule has 0 atom stereocenters. The summed E-state index contributed by atoms with van der Waals surface area (Å²) in [6, 6.07) is 0. The predicted molar refractivity (Wildman–Crippen MR) is 56.1 cm³/mol. The standard InChI is InChI=1S/C4H9N2.CH3NS2.CH3.Zn/c1-2-6-4-3-5-1;2-1(3)4;;/h5H,1-4H2;(H3,2,3,4);1H3;/q-1;;;+1. The molecular formula is C6H15N3S2Zn. The molecule has 68 valence electrons. The summed E-state index contributed by atoms with van der Waals surface area (Å²) in [6.07, 6.45) is 0. The molecule has 12 heavy (non-hydrogen) atoms. The number of hydrogen-bond acceptors (Lipinski definition) is 3. The molecule has 1 aliphatic heterocycles. The number of hydrogen-bond donors (Lipinski definition) is 3. The molecule has 0 radical (unpaired) electrons. The second-order valence-corrected chi connectivity index (χ2v) is 6.95. The minimum absolute atomic E-state index is 0.194. The first-order valence-electron chi connectivity index (χ1n) is 4.08. The topological polar surface area (TPSA) is 41.3 Å². The molecule has 0 aromatic heterocycles. The van der Waals surface area contributed by atoms with E-state index in [1.807, 2.05) is 0 Å². The van der Waals surface area contributed by atoms with E-state index in [-0.39, 0.29) is 21.7 Å². The quantitative estimate of drug-likeness (QED) is 0.355. The van der Waals surface area contributed by atoms with E-state index >= 15 is 0 Å². The van der Waals surface area contributed by atoms with Gasteiger partial charge in [0.25, 0.3) is 0 Å². The van der Waals surface area contributed by atoms with Crippen molar-refractivity contribution in [2.24, 2.45) is 5.73 Å². The Bertz CT molecular complexity index is 124. The second kappa shape index (κ2) is 8.38. The van der Waals surface area contributed by atoms with Gasteiger partial charge in [0.15, 0.2) is 0 Å². The van der Waals surface area contributed by atoms with Crippen molar-refractivity contribution in [2.45, 2.75) is 5.52 Å². The third-order valence-corrected chi connectivity index (χ3v) is 4.86. The van der Waals surface area contributed by atoms with Gasteiger partial charge in [-0.2, -0.15) is 0 Å². The van der Waals surface area contributed by atoms with E-state index in [0.717, 1.165) is 0 Å². The van der Waals surface area contributed by atoms with Crippen LogP contribution in [0.4, 0.5) is 0 Å². The SMILES string of the molecule is NC(=S)S.[CH3][Zn][N]1CCNCC1. The average Bonchev–Trinajstić information content (AvgIpc) is 2.05. The molecule has 1 fully saturated rings. The summed E-state index contributed by atoms with van der Waals surface area (Å²) >= 11 is 7.45. The summed E-state index contributed by atoms with van der Waals surface area (Å²) in [7, 11) is 0. The van der Waals surface area contributed by atoms with Gasteiger partial charge in [-0.15, -0.1) is 12.6 Å². The first kappa shape index (κ1) is 12.8. The van der Waals surface area contributed by atoms with Crippen molar-refractivity contribution in [3.8, 4) is 0 Å². The minimum atomic E-state index is -0.205. The van der Waals surface area contributed by atoms with Gasteiger partial charge in [-0.05, 0) is 0 Å². The summed E-state index contributed by atoms with van der Waals surface area (Å²) in [4.78, 5) is 0. The summed E-state index contributed by atoms with van der Waals surface area (Å²) in [5.74, 6) is 0. The monoisotopic (exact) mass is 257 g/mol. The van der Waals surface area contributed by atoms with Gasteiger partial charge in [-0.3, -0.25) is 0 Å². The van der Waals surface area contributed by atoms with E-state index in [9.17, 15) is 0 Å². The Hall–Kier alpha value is 0.783. The third-order valence-electron chi connectivity index (χ3n) is 1.66. The van der Waals surface area contributed by atoms with Crippen LogP contribution in [0.15, 0.2) is 0 Å². The molecule has 0 spiro atoms. The van der Waals surface area contributed by atoms with Crippen LogP contribution in [-0.2, 0) is 17.4 Å². The van der Waals surface area contributed by atoms with Gasteiger partial charge < -0.3 is 5.73 Å². The Morgan fingerprint density at radius 2 is 2.00 bits per heavy atom. The summed E-state index contributed by atoms with van der Waals surface area (Å²) < 4.78 is 2.84. The van der Waals surface area contributed by atoms with Crippen LogP contribution in [0, 0.1) is 0 Å². The number of nitrogens with one attached hydrogen (secondary N) is 1. The Balaban J connectivity index is 0.000000261. The van der Waals surface area contributed by atoms with Crippen LogP contribution < -0.4 is 11.1 Å². The average molecular weight is 259 g/mol. The number of thiol groups is 1. The Kier molecular flexibility index (Phi) is 8.93. The van der Waals surface area contributed by atoms with E-state index in [4.69, 9.17) is 5.73 Å². The van der Waals surface area contributed by atoms with E-state index in [2.05, 4.69) is 39.3 Å². The Morgan fingerprint density at radius 3 is 2.25 bits per heavy atom. The van der Waals surface area contributed by atoms with E-state index < -0.39 is 0 Å². The van der Waals surface area contributed by atoms with Crippen molar-refractivity contribution in [3.05, 3.63) is 0 Å². The molecule has 1 heterocycles. The molecule has 0 saturated carbocycles. The van der Waals surface area contributed by atoms with Crippen molar-refractivity contribution < 1.29 is 17.4 Å². The van der Waals surface area contributed by atoms with E-state index in [1.54, 1.807) is 0 Å². The zero-order valence-electron chi connectivity index (χ0n) is 7.42. The first-order chi connectivity index (χ1) is 5.66. The van der Waals surface area contributed by atoms with Crippen molar-refractivity contribution >= 4 is 29.2 Å². The van der Waals surface area contributed by atoms with Crippen LogP contribution in [0.3, 0.4) is 0 Å². The molecule has 1 rings (SSSR count). The normalized spacial score (nSPS) is 17.2. The Labute approximate surface area is 92.7 Å². The van der Waals surface area contributed by atoms with Gasteiger partial charge in [-0.25, -0.2) is 0 Å². The molecule has 1 saturated heterocycles. The maximum absolute atomic E-state index is 4.71. The molecule has 0 bridgehead atoms. The van der Waals surface area contributed by atoms with Crippen LogP contribution in [0.1, 0.15) is 0 Å². The summed E-state index contributed by atoms with van der Waals surface area (Å²) in [5.41, 5.74) is 7.11. The fourth-order valence-corrected chi connectivity index (χ4v) is 3.02. The molecule has 0 amide bonds. The third kappa shape index (κ3) is 8.88. The van der Waals surface area contributed by atoms with Gasteiger partial charge >= 0.3 is 58.0 Å². The van der Waals surface area contributed by atoms with Gasteiger partial charge in [0.05, 0.1) is 0 Å². The van der Waals surface area contributed by atoms with Crippen LogP contribution in [0.2, 0.25) is 5.52 Å². The van der Waals surface area contributed by atoms with Crippen LogP contribution in [-0.4, -0.2) is 34.1 Å². The first-order valence-corrected chi connectivity index (χ1v) is 9.23. The molecule has 0 aromatic rings. The molecular weight excluding hydrogens is 244 g/mol. The molecule has 0 unspecified atom stereocenters. The van der Waals surface area contributed by atoms with Gasteiger partial charge in [0.2, 0.25) is 0 Å². The zero-order chi connectivity index (χ0) is 9.40. The molecule has 1 aliphatic rings. The van der Waals surface area contributed by atoms with Gasteiger partial charge in [-0.1, -0.05) is 12.2 Å². The molecule has 3 N–H and O–H groups in total. The van der Waals surface area contributed by atoms with Crippen molar-refractivity contribution in [1.29, 1.82) is 0 Å². The molecule has 0 aromatic carbocycles. The summed E-state index contributed by atoms with van der Waals surface area (Å²) in [5, 5.41) is 3.34. The number of nitrogens with two attached hydrogens (primary N) is 1. The van der Waals surface area contributed by atoms with Crippen LogP contribution >= 0.6 is 24.8 Å². The predicted octanol–water partition coefficient (Wildman–Crippen LogP) is 0.0970. The number of thiocarbonyl (C=S) groups is 1. The number of rotatable bonds is 1. The van der Waals surface area contributed by atoms with Gasteiger partial charge in [0, 0.05) is 0 Å². The van der Waals surface area contributed by atoms with Crippen molar-refractivity contribution in [3.63, 3.8) is 0 Å². The van der Waals surface area contributed by atoms with E-state index in [0.29, 0.717) is 0 Å². The maximum atomic E-state index is 4.71. The molecule has 3 nitrogen and oxygen atoms in total. The number of nitrogens with zero attached hydrogens (tertiary/aromatic N) is 1. The Morgan fingerprint density at radius 1 is 1.58 bits per heavy atom. The van der Waals surface area contributed by atoms with Crippen LogP contribution in [0.5, 0.6) is 0 Å². The van der Waals surface area contributed by atoms with Gasteiger partial charge in [0.1, 0.15) is 4.32 Å². The van der Waals surface area contributed by atoms with E-state index in [1.165, 1.54) is 26.2 Å². The summed E-state index contributed by atoms with van der Waals surface area (Å²) in [6.45, 7) is 5.07. The zero-order valence-corrected chi connectivity index (χ0v) is 12.1. The van der Waals surface area contributed by atoms with Crippen molar-refractivity contribution in [1.82, 2.24) is 8.96 Å². The molecule has 6 heteroatoms. The fraction of sp³-hybridized carbons (Fsp3) is 0.833. The van der Waals surface area contributed by atoms with Crippen molar-refractivity contribution in [2.75, 3.05) is 26.2 Å².